The molecule has 0 saturated heterocycles. The fourth-order valence-corrected chi connectivity index (χ4v) is 2.43. The second-order valence-corrected chi connectivity index (χ2v) is 5.38. The monoisotopic (exact) mass is 288 g/mol. The van der Waals surface area contributed by atoms with Gasteiger partial charge < -0.3 is 15.6 Å². The van der Waals surface area contributed by atoms with E-state index in [1.54, 1.807) is 0 Å². The van der Waals surface area contributed by atoms with Crippen LogP contribution < -0.4 is 11.1 Å². The lowest BCUT2D eigenvalue weighted by Crippen LogP contribution is -2.28. The number of fused-ring (bicyclic) bond motifs is 1. The molecule has 2 rings (SSSR count). The van der Waals surface area contributed by atoms with Gasteiger partial charge in [0.05, 0.1) is 11.0 Å². The minimum Gasteiger partial charge on any atom is -0.356 e. The summed E-state index contributed by atoms with van der Waals surface area (Å²) in [5, 5.41) is 2.93. The van der Waals surface area contributed by atoms with Crippen LogP contribution in [0.2, 0.25) is 0 Å². The van der Waals surface area contributed by atoms with Crippen LogP contribution in [0.15, 0.2) is 24.3 Å². The van der Waals surface area contributed by atoms with Gasteiger partial charge in [0.15, 0.2) is 0 Å². The molecule has 1 heterocycles. The molecule has 0 aliphatic carbocycles. The van der Waals surface area contributed by atoms with Crippen LogP contribution in [-0.2, 0) is 17.8 Å². The Balaban J connectivity index is 1.93. The SMILES string of the molecule is CCn1c(CCNC(=O)CCC(C)N)nc2ccccc21. The normalized spacial score (nSPS) is 12.5. The number of carbonyl (C=O) groups excluding carboxylic acids is 1. The van der Waals surface area contributed by atoms with E-state index in [-0.39, 0.29) is 11.9 Å². The molecule has 3 N–H and O–H groups in total. The zero-order chi connectivity index (χ0) is 15.2. The molecule has 0 spiro atoms. The van der Waals surface area contributed by atoms with Gasteiger partial charge in [-0.3, -0.25) is 4.79 Å². The van der Waals surface area contributed by atoms with Crippen LogP contribution in [0.5, 0.6) is 0 Å². The molecule has 0 aliphatic heterocycles. The first-order valence-corrected chi connectivity index (χ1v) is 7.58. The fraction of sp³-hybridized carbons (Fsp3) is 0.500. The zero-order valence-corrected chi connectivity index (χ0v) is 12.8. The van der Waals surface area contributed by atoms with E-state index in [9.17, 15) is 4.79 Å². The summed E-state index contributed by atoms with van der Waals surface area (Å²) in [6.45, 7) is 5.52. The second kappa shape index (κ2) is 7.22. The maximum absolute atomic E-state index is 11.7. The highest BCUT2D eigenvalue weighted by Crippen LogP contribution is 2.15. The highest BCUT2D eigenvalue weighted by molar-refractivity contribution is 5.76. The Morgan fingerprint density at radius 1 is 1.43 bits per heavy atom. The van der Waals surface area contributed by atoms with Crippen LogP contribution in [0.25, 0.3) is 11.0 Å². The topological polar surface area (TPSA) is 72.9 Å². The third-order valence-corrected chi connectivity index (χ3v) is 3.55. The number of amides is 1. The van der Waals surface area contributed by atoms with Crippen molar-refractivity contribution >= 4 is 16.9 Å². The van der Waals surface area contributed by atoms with Crippen LogP contribution in [0.3, 0.4) is 0 Å². The molecule has 1 aromatic carbocycles. The number of nitrogens with one attached hydrogen (secondary N) is 1. The highest BCUT2D eigenvalue weighted by atomic mass is 16.1. The Labute approximate surface area is 125 Å². The minimum atomic E-state index is 0.0615. The fourth-order valence-electron chi connectivity index (χ4n) is 2.43. The number of nitrogens with zero attached hydrogens (tertiary/aromatic N) is 2. The first-order chi connectivity index (χ1) is 10.1. The number of nitrogens with two attached hydrogens (primary N) is 1. The Hall–Kier alpha value is -1.88. The summed E-state index contributed by atoms with van der Waals surface area (Å²) in [7, 11) is 0. The van der Waals surface area contributed by atoms with E-state index in [1.165, 1.54) is 0 Å². The number of imidazole rings is 1. The van der Waals surface area contributed by atoms with Crippen LogP contribution in [0.1, 0.15) is 32.5 Å². The number of aryl methyl sites for hydroxylation is 1. The Kier molecular flexibility index (Phi) is 5.33. The summed E-state index contributed by atoms with van der Waals surface area (Å²) >= 11 is 0. The molecular weight excluding hydrogens is 264 g/mol. The zero-order valence-electron chi connectivity index (χ0n) is 12.8. The predicted molar refractivity (Wildman–Crippen MR) is 85.0 cm³/mol. The molecule has 0 fully saturated rings. The molecule has 114 valence electrons. The van der Waals surface area contributed by atoms with Gasteiger partial charge in [0.1, 0.15) is 5.82 Å². The van der Waals surface area contributed by atoms with Crippen LogP contribution in [0.4, 0.5) is 0 Å². The lowest BCUT2D eigenvalue weighted by molar-refractivity contribution is -0.121. The van der Waals surface area contributed by atoms with Gasteiger partial charge in [-0.1, -0.05) is 12.1 Å². The quantitative estimate of drug-likeness (QED) is 0.816. The summed E-state index contributed by atoms with van der Waals surface area (Å²) in [5.74, 6) is 1.08. The lowest BCUT2D eigenvalue weighted by Gasteiger charge is -2.08. The summed E-state index contributed by atoms with van der Waals surface area (Å²) in [4.78, 5) is 16.3. The van der Waals surface area contributed by atoms with Crippen molar-refractivity contribution in [1.29, 1.82) is 0 Å². The molecule has 5 heteroatoms. The number of hydrogen-bond acceptors (Lipinski definition) is 3. The van der Waals surface area contributed by atoms with Crippen molar-refractivity contribution in [2.75, 3.05) is 6.54 Å². The molecule has 0 radical (unpaired) electrons. The average molecular weight is 288 g/mol. The van der Waals surface area contributed by atoms with Crippen molar-refractivity contribution in [2.24, 2.45) is 5.73 Å². The molecule has 1 atom stereocenters. The van der Waals surface area contributed by atoms with Gasteiger partial charge in [-0.25, -0.2) is 4.98 Å². The number of carbonyl (C=O) groups is 1. The van der Waals surface area contributed by atoms with E-state index in [2.05, 4.69) is 27.9 Å². The van der Waals surface area contributed by atoms with Gasteiger partial charge in [0.2, 0.25) is 5.91 Å². The molecular formula is C16H24N4O. The van der Waals surface area contributed by atoms with E-state index in [0.717, 1.165) is 36.2 Å². The van der Waals surface area contributed by atoms with Crippen molar-refractivity contribution in [1.82, 2.24) is 14.9 Å². The minimum absolute atomic E-state index is 0.0615. The van der Waals surface area contributed by atoms with E-state index in [1.807, 2.05) is 25.1 Å². The Bertz CT molecular complexity index is 603. The standard InChI is InChI=1S/C16H24N4O/c1-3-20-14-7-5-4-6-13(14)19-15(20)10-11-18-16(21)9-8-12(2)17/h4-7,12H,3,8-11,17H2,1-2H3,(H,18,21). The van der Waals surface area contributed by atoms with E-state index in [0.29, 0.717) is 13.0 Å². The second-order valence-electron chi connectivity index (χ2n) is 5.38. The van der Waals surface area contributed by atoms with Crippen LogP contribution >= 0.6 is 0 Å². The third kappa shape index (κ3) is 4.04. The largest absolute Gasteiger partial charge is 0.356 e. The number of hydrogen-bond donors (Lipinski definition) is 2. The molecule has 0 saturated carbocycles. The van der Waals surface area contributed by atoms with Gasteiger partial charge in [-0.05, 0) is 32.4 Å². The Morgan fingerprint density at radius 2 is 2.19 bits per heavy atom. The lowest BCUT2D eigenvalue weighted by atomic mass is 10.2. The highest BCUT2D eigenvalue weighted by Gasteiger charge is 2.09. The molecule has 5 nitrogen and oxygen atoms in total. The molecule has 1 unspecified atom stereocenters. The van der Waals surface area contributed by atoms with E-state index in [4.69, 9.17) is 5.73 Å². The van der Waals surface area contributed by atoms with Crippen molar-refractivity contribution in [3.63, 3.8) is 0 Å². The van der Waals surface area contributed by atoms with Crippen LogP contribution in [0, 0.1) is 0 Å². The first-order valence-electron chi connectivity index (χ1n) is 7.58. The van der Waals surface area contributed by atoms with Crippen molar-refractivity contribution in [3.8, 4) is 0 Å². The van der Waals surface area contributed by atoms with E-state index >= 15 is 0 Å². The number of benzene rings is 1. The van der Waals surface area contributed by atoms with Crippen LogP contribution in [-0.4, -0.2) is 28.0 Å². The van der Waals surface area contributed by atoms with Crippen molar-refractivity contribution in [2.45, 2.75) is 45.7 Å². The molecule has 0 bridgehead atoms. The van der Waals surface area contributed by atoms with Crippen molar-refractivity contribution in [3.05, 3.63) is 30.1 Å². The molecule has 1 amide bonds. The third-order valence-electron chi connectivity index (χ3n) is 3.55. The maximum atomic E-state index is 11.7. The maximum Gasteiger partial charge on any atom is 0.220 e. The first kappa shape index (κ1) is 15.5. The summed E-state index contributed by atoms with van der Waals surface area (Å²) in [5.41, 5.74) is 7.81. The van der Waals surface area contributed by atoms with Gasteiger partial charge in [0.25, 0.3) is 0 Å². The summed E-state index contributed by atoms with van der Waals surface area (Å²) in [6.07, 6.45) is 1.95. The number of rotatable bonds is 7. The molecule has 2 aromatic rings. The van der Waals surface area contributed by atoms with Crippen molar-refractivity contribution < 1.29 is 4.79 Å². The van der Waals surface area contributed by atoms with Gasteiger partial charge in [0, 0.05) is 32.0 Å². The number of aromatic nitrogens is 2. The average Bonchev–Trinajstić information content (AvgIpc) is 2.82. The smallest absolute Gasteiger partial charge is 0.220 e. The molecule has 0 aliphatic rings. The summed E-state index contributed by atoms with van der Waals surface area (Å²) < 4.78 is 2.20. The molecule has 1 aromatic heterocycles. The van der Waals surface area contributed by atoms with E-state index < -0.39 is 0 Å². The predicted octanol–water partition coefficient (Wildman–Crippen LogP) is 1.84. The van der Waals surface area contributed by atoms with Gasteiger partial charge >= 0.3 is 0 Å². The Morgan fingerprint density at radius 3 is 2.90 bits per heavy atom. The summed E-state index contributed by atoms with van der Waals surface area (Å²) in [6, 6.07) is 8.19. The van der Waals surface area contributed by atoms with Gasteiger partial charge in [-0.15, -0.1) is 0 Å². The van der Waals surface area contributed by atoms with Gasteiger partial charge in [-0.2, -0.15) is 0 Å². The molecule has 21 heavy (non-hydrogen) atoms. The number of para-hydroxylation sites is 2.